The molecule has 6 nitrogen and oxygen atoms in total. The molecule has 1 atom stereocenters. The molecule has 92 valence electrons. The lowest BCUT2D eigenvalue weighted by molar-refractivity contribution is -0.143. The monoisotopic (exact) mass is 250 g/mol. The fourth-order valence-corrected chi connectivity index (χ4v) is 1.13. The molecule has 0 spiro atoms. The number of rotatable bonds is 6. The third-order valence-corrected chi connectivity index (χ3v) is 1.87. The quantitative estimate of drug-likeness (QED) is 0.487. The predicted molar refractivity (Wildman–Crippen MR) is 58.0 cm³/mol. The fourth-order valence-electron chi connectivity index (χ4n) is 0.914. The van der Waals surface area contributed by atoms with Gasteiger partial charge in [0.05, 0.1) is 12.5 Å². The summed E-state index contributed by atoms with van der Waals surface area (Å²) in [6.45, 7) is 2.95. The number of amides is 2. The number of carbonyl (C=O) groups is 3. The maximum atomic E-state index is 11.4. The minimum atomic E-state index is -0.839. The number of halogens is 1. The number of hydrogen-bond acceptors (Lipinski definition) is 4. The first-order valence-corrected chi connectivity index (χ1v) is 5.31. The van der Waals surface area contributed by atoms with Gasteiger partial charge >= 0.3 is 5.97 Å². The fraction of sp³-hybridized carbons (Fsp3) is 0.667. The molecule has 0 rings (SSSR count). The maximum Gasteiger partial charge on any atom is 0.325 e. The zero-order chi connectivity index (χ0) is 12.6. The van der Waals surface area contributed by atoms with Gasteiger partial charge in [-0.15, -0.1) is 11.6 Å². The van der Waals surface area contributed by atoms with Crippen LogP contribution in [0.2, 0.25) is 0 Å². The summed E-state index contributed by atoms with van der Waals surface area (Å²) in [4.78, 5) is 33.0. The molecule has 0 bridgehead atoms. The molecule has 0 fully saturated rings. The van der Waals surface area contributed by atoms with Crippen LogP contribution in [0.25, 0.3) is 0 Å². The lowest BCUT2D eigenvalue weighted by Gasteiger charge is -2.14. The number of esters is 1. The molecule has 0 radical (unpaired) electrons. The van der Waals surface area contributed by atoms with Gasteiger partial charge in [-0.05, 0) is 6.92 Å². The molecule has 0 saturated carbocycles. The molecule has 0 aromatic rings. The van der Waals surface area contributed by atoms with Gasteiger partial charge < -0.3 is 15.4 Å². The largest absolute Gasteiger partial charge is 0.465 e. The van der Waals surface area contributed by atoms with E-state index in [4.69, 9.17) is 11.6 Å². The summed E-state index contributed by atoms with van der Waals surface area (Å²) in [6.07, 6.45) is 0. The molecule has 2 N–H and O–H groups in total. The van der Waals surface area contributed by atoms with Crippen LogP contribution in [0, 0.1) is 0 Å². The van der Waals surface area contributed by atoms with E-state index in [1.165, 1.54) is 6.92 Å². The predicted octanol–water partition coefficient (Wildman–Crippen LogP) is -0.591. The van der Waals surface area contributed by atoms with Crippen LogP contribution in [-0.2, 0) is 19.1 Å². The van der Waals surface area contributed by atoms with Gasteiger partial charge in [0.1, 0.15) is 12.6 Å². The van der Waals surface area contributed by atoms with Gasteiger partial charge in [-0.1, -0.05) is 0 Å². The van der Waals surface area contributed by atoms with E-state index in [9.17, 15) is 14.4 Å². The highest BCUT2D eigenvalue weighted by Gasteiger charge is 2.18. The Morgan fingerprint density at radius 1 is 1.38 bits per heavy atom. The molecule has 0 aliphatic carbocycles. The van der Waals surface area contributed by atoms with Crippen LogP contribution in [0.3, 0.4) is 0 Å². The number of ether oxygens (including phenoxy) is 1. The Morgan fingerprint density at radius 2 is 2.00 bits per heavy atom. The molecule has 0 heterocycles. The van der Waals surface area contributed by atoms with Crippen molar-refractivity contribution in [3.05, 3.63) is 0 Å². The summed E-state index contributed by atoms with van der Waals surface area (Å²) in [6, 6.07) is -0.839. The first-order valence-electron chi connectivity index (χ1n) is 4.77. The van der Waals surface area contributed by atoms with E-state index in [0.717, 1.165) is 0 Å². The molecule has 16 heavy (non-hydrogen) atoms. The summed E-state index contributed by atoms with van der Waals surface area (Å²) >= 11 is 5.49. The van der Waals surface area contributed by atoms with Gasteiger partial charge in [-0.3, -0.25) is 14.4 Å². The van der Waals surface area contributed by atoms with Gasteiger partial charge in [0, 0.05) is 6.92 Å². The smallest absolute Gasteiger partial charge is 0.325 e. The summed E-state index contributed by atoms with van der Waals surface area (Å²) in [5.74, 6) is -1.48. The molecular weight excluding hydrogens is 236 g/mol. The average molecular weight is 251 g/mol. The van der Waals surface area contributed by atoms with E-state index in [-0.39, 0.29) is 24.9 Å². The molecule has 0 aromatic carbocycles. The highest BCUT2D eigenvalue weighted by Crippen LogP contribution is 1.89. The SMILES string of the molecule is CCOC(=O)CNC(=O)C(CCl)NC(C)=O. The Labute approximate surface area is 98.7 Å². The van der Waals surface area contributed by atoms with E-state index >= 15 is 0 Å². The Balaban J connectivity index is 4.02. The van der Waals surface area contributed by atoms with Crippen molar-refractivity contribution in [3.63, 3.8) is 0 Å². The van der Waals surface area contributed by atoms with E-state index in [1.807, 2.05) is 0 Å². The third kappa shape index (κ3) is 6.23. The average Bonchev–Trinajstić information content (AvgIpc) is 2.22. The normalized spacial score (nSPS) is 11.4. The van der Waals surface area contributed by atoms with Crippen molar-refractivity contribution in [2.24, 2.45) is 0 Å². The van der Waals surface area contributed by atoms with Gasteiger partial charge in [-0.25, -0.2) is 0 Å². The Morgan fingerprint density at radius 3 is 2.44 bits per heavy atom. The lowest BCUT2D eigenvalue weighted by Crippen LogP contribution is -2.48. The van der Waals surface area contributed by atoms with Gasteiger partial charge in [-0.2, -0.15) is 0 Å². The first kappa shape index (κ1) is 14.7. The van der Waals surface area contributed by atoms with E-state index in [0.29, 0.717) is 0 Å². The van der Waals surface area contributed by atoms with Gasteiger partial charge in [0.15, 0.2) is 0 Å². The second-order valence-corrected chi connectivity index (χ2v) is 3.24. The standard InChI is InChI=1S/C9H15ClN2O4/c1-3-16-8(14)5-11-9(15)7(4-10)12-6(2)13/h7H,3-5H2,1-2H3,(H,11,15)(H,12,13). The summed E-state index contributed by atoms with van der Waals surface area (Å²) < 4.78 is 4.61. The Bertz CT molecular complexity index is 270. The van der Waals surface area contributed by atoms with Crippen LogP contribution >= 0.6 is 11.6 Å². The first-order chi connectivity index (χ1) is 7.51. The second kappa shape index (κ2) is 7.92. The van der Waals surface area contributed by atoms with Crippen LogP contribution in [0.4, 0.5) is 0 Å². The zero-order valence-electron chi connectivity index (χ0n) is 9.21. The third-order valence-electron chi connectivity index (χ3n) is 1.56. The van der Waals surface area contributed by atoms with Crippen molar-refractivity contribution in [1.29, 1.82) is 0 Å². The van der Waals surface area contributed by atoms with Crippen molar-refractivity contribution < 1.29 is 19.1 Å². The highest BCUT2D eigenvalue weighted by molar-refractivity contribution is 6.20. The van der Waals surface area contributed by atoms with E-state index < -0.39 is 17.9 Å². The second-order valence-electron chi connectivity index (χ2n) is 2.93. The minimum absolute atomic E-state index is 0.0613. The Kier molecular flexibility index (Phi) is 7.28. The van der Waals surface area contributed by atoms with Crippen molar-refractivity contribution in [2.75, 3.05) is 19.0 Å². The maximum absolute atomic E-state index is 11.4. The Hall–Kier alpha value is -1.30. The molecule has 7 heteroatoms. The van der Waals surface area contributed by atoms with Crippen molar-refractivity contribution >= 4 is 29.4 Å². The van der Waals surface area contributed by atoms with Crippen LogP contribution in [0.15, 0.2) is 0 Å². The van der Waals surface area contributed by atoms with Crippen LogP contribution in [-0.4, -0.2) is 42.9 Å². The van der Waals surface area contributed by atoms with E-state index in [2.05, 4.69) is 15.4 Å². The topological polar surface area (TPSA) is 84.5 Å². The lowest BCUT2D eigenvalue weighted by atomic mass is 10.3. The van der Waals surface area contributed by atoms with Crippen LogP contribution in [0.1, 0.15) is 13.8 Å². The number of carbonyl (C=O) groups excluding carboxylic acids is 3. The van der Waals surface area contributed by atoms with Crippen molar-refractivity contribution in [2.45, 2.75) is 19.9 Å². The van der Waals surface area contributed by atoms with Gasteiger partial charge in [0.25, 0.3) is 0 Å². The molecule has 2 amide bonds. The molecule has 0 aliphatic rings. The molecule has 1 unspecified atom stereocenters. The highest BCUT2D eigenvalue weighted by atomic mass is 35.5. The molecule has 0 aliphatic heterocycles. The molecular formula is C9H15ClN2O4. The van der Waals surface area contributed by atoms with Crippen LogP contribution in [0.5, 0.6) is 0 Å². The van der Waals surface area contributed by atoms with Crippen molar-refractivity contribution in [3.8, 4) is 0 Å². The van der Waals surface area contributed by atoms with Crippen molar-refractivity contribution in [1.82, 2.24) is 10.6 Å². The van der Waals surface area contributed by atoms with Gasteiger partial charge in [0.2, 0.25) is 11.8 Å². The number of hydrogen-bond donors (Lipinski definition) is 2. The summed E-state index contributed by atoms with van der Waals surface area (Å²) in [5.41, 5.74) is 0. The van der Waals surface area contributed by atoms with E-state index in [1.54, 1.807) is 6.92 Å². The summed E-state index contributed by atoms with van der Waals surface area (Å²) in [5, 5.41) is 4.66. The molecule has 0 saturated heterocycles. The zero-order valence-corrected chi connectivity index (χ0v) is 9.97. The summed E-state index contributed by atoms with van der Waals surface area (Å²) in [7, 11) is 0. The number of nitrogens with one attached hydrogen (secondary N) is 2. The minimum Gasteiger partial charge on any atom is -0.465 e. The van der Waals surface area contributed by atoms with Crippen LogP contribution < -0.4 is 10.6 Å². The number of alkyl halides is 1. The molecule has 0 aromatic heterocycles.